The molecule has 29 heavy (non-hydrogen) atoms. The third-order valence-electron chi connectivity index (χ3n) is 4.39. The molecule has 158 valence electrons. The summed E-state index contributed by atoms with van der Waals surface area (Å²) in [6.45, 7) is 0.727. The van der Waals surface area contributed by atoms with Gasteiger partial charge in [0.15, 0.2) is 0 Å². The molecule has 1 aliphatic heterocycles. The summed E-state index contributed by atoms with van der Waals surface area (Å²) in [6, 6.07) is 6.21. The van der Waals surface area contributed by atoms with Crippen molar-refractivity contribution in [2.75, 3.05) is 33.2 Å². The van der Waals surface area contributed by atoms with Gasteiger partial charge in [0, 0.05) is 29.4 Å². The summed E-state index contributed by atoms with van der Waals surface area (Å²) < 4.78 is 14.3. The molecule has 1 fully saturated rings. The molecule has 1 heterocycles. The summed E-state index contributed by atoms with van der Waals surface area (Å²) >= 11 is 7.59. The normalized spacial score (nSPS) is 19.4. The summed E-state index contributed by atoms with van der Waals surface area (Å²) in [5, 5.41) is 9.50. The summed E-state index contributed by atoms with van der Waals surface area (Å²) in [4.78, 5) is 36.8. The number of piperidine rings is 1. The van der Waals surface area contributed by atoms with Crippen molar-refractivity contribution in [2.45, 2.75) is 17.7 Å². The standard InChI is InChI=1S/C19H22ClNO7S/c1-26-18(24)17(13-5-3-4-6-14(13)20)21-8-7-15(12(10-21)9-16(22)23)29-11-28-19(25)27-2/h3-6,9,15,17H,7-8,10-11H2,1-2H3,(H,22,23)/b12-9+/t15?,17-/m0/s1. The fraction of sp³-hybridized carbons (Fsp3) is 0.421. The quantitative estimate of drug-likeness (QED) is 0.386. The SMILES string of the molecule is COC(=O)OCSC1CCN([C@H](C(=O)OC)c2ccccc2Cl)C/C1=C\C(=O)O. The van der Waals surface area contributed by atoms with Gasteiger partial charge in [-0.05, 0) is 23.6 Å². The van der Waals surface area contributed by atoms with Crippen LogP contribution in [0.2, 0.25) is 5.02 Å². The van der Waals surface area contributed by atoms with Crippen LogP contribution in [-0.2, 0) is 23.8 Å². The number of hydrogen-bond acceptors (Lipinski definition) is 8. The molecule has 1 aliphatic rings. The van der Waals surface area contributed by atoms with E-state index >= 15 is 0 Å². The van der Waals surface area contributed by atoms with Crippen molar-refractivity contribution in [3.63, 3.8) is 0 Å². The first kappa shape index (κ1) is 23.1. The van der Waals surface area contributed by atoms with E-state index < -0.39 is 24.1 Å². The third kappa shape index (κ3) is 6.38. The second kappa shape index (κ2) is 11.1. The Kier molecular flexibility index (Phi) is 8.81. The number of benzene rings is 1. The Morgan fingerprint density at radius 2 is 2.03 bits per heavy atom. The Bertz CT molecular complexity index is 786. The van der Waals surface area contributed by atoms with Crippen LogP contribution >= 0.6 is 23.4 Å². The third-order valence-corrected chi connectivity index (χ3v) is 5.93. The number of carbonyl (C=O) groups is 3. The fourth-order valence-corrected chi connectivity index (χ4v) is 4.29. The highest BCUT2D eigenvalue weighted by Crippen LogP contribution is 2.35. The number of carboxylic acids is 1. The average Bonchev–Trinajstić information content (AvgIpc) is 2.70. The number of halogens is 1. The number of methoxy groups -OCH3 is 2. The van der Waals surface area contributed by atoms with E-state index in [0.717, 1.165) is 6.08 Å². The smallest absolute Gasteiger partial charge is 0.478 e. The first-order chi connectivity index (χ1) is 13.9. The molecule has 1 N–H and O–H groups in total. The van der Waals surface area contributed by atoms with Crippen LogP contribution in [0.15, 0.2) is 35.9 Å². The van der Waals surface area contributed by atoms with Gasteiger partial charge in [-0.1, -0.05) is 29.8 Å². The van der Waals surface area contributed by atoms with E-state index in [9.17, 15) is 19.5 Å². The number of rotatable bonds is 7. The molecule has 1 unspecified atom stereocenters. The number of esters is 1. The second-order valence-corrected chi connectivity index (χ2v) is 7.68. The minimum Gasteiger partial charge on any atom is -0.478 e. The topological polar surface area (TPSA) is 102 Å². The van der Waals surface area contributed by atoms with Gasteiger partial charge in [0.25, 0.3) is 0 Å². The largest absolute Gasteiger partial charge is 0.508 e. The van der Waals surface area contributed by atoms with E-state index in [0.29, 0.717) is 29.1 Å². The van der Waals surface area contributed by atoms with Crippen LogP contribution < -0.4 is 0 Å². The molecular formula is C19H22ClNO7S. The molecule has 0 radical (unpaired) electrons. The van der Waals surface area contributed by atoms with Gasteiger partial charge in [-0.25, -0.2) is 14.4 Å². The summed E-state index contributed by atoms with van der Waals surface area (Å²) in [6.07, 6.45) is 0.873. The number of carbonyl (C=O) groups excluding carboxylic acids is 2. The highest BCUT2D eigenvalue weighted by atomic mass is 35.5. The molecule has 8 nitrogen and oxygen atoms in total. The van der Waals surface area contributed by atoms with Gasteiger partial charge in [0.1, 0.15) is 12.0 Å². The van der Waals surface area contributed by atoms with Crippen molar-refractivity contribution in [1.82, 2.24) is 4.90 Å². The molecule has 2 rings (SSSR count). The van der Waals surface area contributed by atoms with Gasteiger partial charge < -0.3 is 19.3 Å². The van der Waals surface area contributed by atoms with Gasteiger partial charge >= 0.3 is 18.1 Å². The lowest BCUT2D eigenvalue weighted by molar-refractivity contribution is -0.147. The minimum atomic E-state index is -1.09. The molecule has 1 aromatic rings. The molecule has 0 spiro atoms. The lowest BCUT2D eigenvalue weighted by atomic mass is 9.98. The Morgan fingerprint density at radius 1 is 1.31 bits per heavy atom. The van der Waals surface area contributed by atoms with Crippen molar-refractivity contribution in [3.8, 4) is 0 Å². The zero-order valence-corrected chi connectivity index (χ0v) is 17.6. The molecule has 0 bridgehead atoms. The van der Waals surface area contributed by atoms with Gasteiger partial charge in [-0.3, -0.25) is 4.90 Å². The summed E-state index contributed by atoms with van der Waals surface area (Å²) in [7, 11) is 2.51. The van der Waals surface area contributed by atoms with Gasteiger partial charge in [-0.15, -0.1) is 11.8 Å². The van der Waals surface area contributed by atoms with E-state index in [-0.39, 0.29) is 17.7 Å². The number of likely N-dealkylation sites (tertiary alicyclic amines) is 1. The molecular weight excluding hydrogens is 422 g/mol. The van der Waals surface area contributed by atoms with Crippen molar-refractivity contribution >= 4 is 41.5 Å². The highest BCUT2D eigenvalue weighted by molar-refractivity contribution is 7.99. The van der Waals surface area contributed by atoms with Crippen LogP contribution in [0.4, 0.5) is 4.79 Å². The molecule has 0 amide bonds. The first-order valence-electron chi connectivity index (χ1n) is 8.69. The number of aliphatic carboxylic acids is 1. The lowest BCUT2D eigenvalue weighted by Gasteiger charge is -2.37. The first-order valence-corrected chi connectivity index (χ1v) is 10.1. The monoisotopic (exact) mass is 443 g/mol. The average molecular weight is 444 g/mol. The van der Waals surface area contributed by atoms with E-state index in [1.807, 2.05) is 4.90 Å². The molecule has 0 aliphatic carbocycles. The van der Waals surface area contributed by atoms with Crippen LogP contribution in [0, 0.1) is 0 Å². The zero-order chi connectivity index (χ0) is 21.4. The Morgan fingerprint density at radius 3 is 2.66 bits per heavy atom. The van der Waals surface area contributed by atoms with Crippen LogP contribution in [0.3, 0.4) is 0 Å². The van der Waals surface area contributed by atoms with E-state index in [1.165, 1.54) is 26.0 Å². The lowest BCUT2D eigenvalue weighted by Crippen LogP contribution is -2.43. The summed E-state index contributed by atoms with van der Waals surface area (Å²) in [5.41, 5.74) is 1.19. The van der Waals surface area contributed by atoms with Crippen LogP contribution in [0.5, 0.6) is 0 Å². The maximum absolute atomic E-state index is 12.5. The van der Waals surface area contributed by atoms with Crippen LogP contribution in [-0.4, -0.2) is 66.6 Å². The molecule has 0 saturated carbocycles. The van der Waals surface area contributed by atoms with E-state index in [1.54, 1.807) is 24.3 Å². The van der Waals surface area contributed by atoms with Crippen molar-refractivity contribution in [1.29, 1.82) is 0 Å². The predicted octanol–water partition coefficient (Wildman–Crippen LogP) is 3.11. The van der Waals surface area contributed by atoms with Crippen LogP contribution in [0.25, 0.3) is 0 Å². The molecule has 2 atom stereocenters. The maximum atomic E-state index is 12.5. The van der Waals surface area contributed by atoms with E-state index in [2.05, 4.69) is 4.74 Å². The Labute approximate surface area is 177 Å². The van der Waals surface area contributed by atoms with Crippen molar-refractivity contribution < 1.29 is 33.7 Å². The number of hydrogen-bond donors (Lipinski definition) is 1. The predicted molar refractivity (Wildman–Crippen MR) is 108 cm³/mol. The van der Waals surface area contributed by atoms with Crippen LogP contribution in [0.1, 0.15) is 18.0 Å². The number of carboxylic acid groups (broad SMARTS) is 1. The van der Waals surface area contributed by atoms with Gasteiger partial charge in [0.2, 0.25) is 0 Å². The minimum absolute atomic E-state index is 0.0270. The zero-order valence-electron chi connectivity index (χ0n) is 16.0. The number of nitrogens with zero attached hydrogens (tertiary/aromatic N) is 1. The molecule has 10 heteroatoms. The summed E-state index contributed by atoms with van der Waals surface area (Å²) in [5.74, 6) is -1.54. The molecule has 0 aromatic heterocycles. The Hall–Kier alpha value is -2.23. The van der Waals surface area contributed by atoms with Gasteiger partial charge in [0.05, 0.1) is 14.2 Å². The number of ether oxygens (including phenoxy) is 3. The fourth-order valence-electron chi connectivity index (χ4n) is 3.10. The maximum Gasteiger partial charge on any atom is 0.508 e. The van der Waals surface area contributed by atoms with Crippen molar-refractivity contribution in [2.24, 2.45) is 0 Å². The molecule has 1 saturated heterocycles. The van der Waals surface area contributed by atoms with E-state index in [4.69, 9.17) is 21.1 Å². The van der Waals surface area contributed by atoms with Crippen molar-refractivity contribution in [3.05, 3.63) is 46.5 Å². The van der Waals surface area contributed by atoms with Gasteiger partial charge in [-0.2, -0.15) is 0 Å². The Balaban J connectivity index is 2.22. The second-order valence-electron chi connectivity index (χ2n) is 6.14. The number of thioether (sulfide) groups is 1. The highest BCUT2D eigenvalue weighted by Gasteiger charge is 2.35. The molecule has 1 aromatic carbocycles.